The van der Waals surface area contributed by atoms with Gasteiger partial charge in [0, 0.05) is 10.4 Å². The van der Waals surface area contributed by atoms with Gasteiger partial charge in [-0.15, -0.1) is 11.3 Å². The number of carbonyl (C=O) groups excluding carboxylic acids is 1. The first-order valence-electron chi connectivity index (χ1n) is 13.1. The smallest absolute Gasteiger partial charge is 0.353 e. The molecule has 3 rings (SSSR count). The van der Waals surface area contributed by atoms with E-state index in [4.69, 9.17) is 9.47 Å². The zero-order chi connectivity index (χ0) is 24.7. The number of benzene rings is 1. The van der Waals surface area contributed by atoms with Crippen molar-refractivity contribution in [2.45, 2.75) is 84.5 Å². The van der Waals surface area contributed by atoms with Crippen LogP contribution < -0.4 is 9.47 Å². The van der Waals surface area contributed by atoms with Crippen molar-refractivity contribution >= 4 is 17.3 Å². The Balaban J connectivity index is 1.40. The molecule has 2 aromatic heterocycles. The van der Waals surface area contributed by atoms with Gasteiger partial charge >= 0.3 is 5.97 Å². The van der Waals surface area contributed by atoms with E-state index in [2.05, 4.69) is 23.8 Å². The number of aromatic nitrogens is 2. The number of aryl methyl sites for hydroxylation is 1. The summed E-state index contributed by atoms with van der Waals surface area (Å²) >= 11 is 1.51. The van der Waals surface area contributed by atoms with Crippen LogP contribution in [0.3, 0.4) is 0 Å². The van der Waals surface area contributed by atoms with Gasteiger partial charge in [0.2, 0.25) is 0 Å². The molecule has 0 saturated heterocycles. The predicted octanol–water partition coefficient (Wildman–Crippen LogP) is 8.29. The van der Waals surface area contributed by atoms with Crippen molar-refractivity contribution in [1.29, 1.82) is 0 Å². The molecule has 0 radical (unpaired) electrons. The molecule has 0 bridgehead atoms. The number of hydrogen-bond acceptors (Lipinski definition) is 6. The average Bonchev–Trinajstić information content (AvgIpc) is 3.37. The van der Waals surface area contributed by atoms with Gasteiger partial charge in [0.25, 0.3) is 0 Å². The average molecular weight is 495 g/mol. The number of esters is 1. The molecule has 0 atom stereocenters. The third-order valence-electron chi connectivity index (χ3n) is 5.86. The van der Waals surface area contributed by atoms with Gasteiger partial charge in [0.15, 0.2) is 11.6 Å². The topological polar surface area (TPSA) is 61.3 Å². The molecule has 3 aromatic rings. The fourth-order valence-electron chi connectivity index (χ4n) is 3.77. The van der Waals surface area contributed by atoms with E-state index in [1.54, 1.807) is 24.5 Å². The van der Waals surface area contributed by atoms with Crippen LogP contribution in [0.5, 0.6) is 11.5 Å². The highest BCUT2D eigenvalue weighted by Gasteiger charge is 2.12. The summed E-state index contributed by atoms with van der Waals surface area (Å²) in [6, 6.07) is 11.1. The lowest BCUT2D eigenvalue weighted by molar-refractivity contribution is 0.0740. The fourth-order valence-corrected chi connectivity index (χ4v) is 4.69. The number of hydrogen-bond donors (Lipinski definition) is 0. The van der Waals surface area contributed by atoms with Crippen LogP contribution >= 0.6 is 11.3 Å². The monoisotopic (exact) mass is 494 g/mol. The minimum absolute atomic E-state index is 0.320. The van der Waals surface area contributed by atoms with E-state index in [1.165, 1.54) is 61.2 Å². The predicted molar refractivity (Wildman–Crippen MR) is 143 cm³/mol. The SMILES string of the molecule is CCCCCCCCCCOc1cnc(-c2ccc(OC(=O)c3ccc(CCCC)s3)cc2)nc1. The van der Waals surface area contributed by atoms with Crippen LogP contribution in [0.4, 0.5) is 0 Å². The molecule has 0 aliphatic rings. The first-order valence-corrected chi connectivity index (χ1v) is 13.9. The van der Waals surface area contributed by atoms with Crippen LogP contribution in [0.2, 0.25) is 0 Å². The Bertz CT molecular complexity index is 1000. The highest BCUT2D eigenvalue weighted by molar-refractivity contribution is 7.13. The van der Waals surface area contributed by atoms with Gasteiger partial charge in [-0.25, -0.2) is 14.8 Å². The molecular weight excluding hydrogens is 456 g/mol. The molecule has 0 N–H and O–H groups in total. The largest absolute Gasteiger partial charge is 0.490 e. The van der Waals surface area contributed by atoms with Crippen molar-refractivity contribution in [2.24, 2.45) is 0 Å². The van der Waals surface area contributed by atoms with Crippen molar-refractivity contribution in [1.82, 2.24) is 9.97 Å². The molecule has 0 aliphatic heterocycles. The summed E-state index contributed by atoms with van der Waals surface area (Å²) in [7, 11) is 0. The molecule has 0 saturated carbocycles. The maximum Gasteiger partial charge on any atom is 0.353 e. The van der Waals surface area contributed by atoms with Crippen LogP contribution in [-0.4, -0.2) is 22.5 Å². The maximum atomic E-state index is 12.4. The fraction of sp³-hybridized carbons (Fsp3) is 0.483. The van der Waals surface area contributed by atoms with Crippen LogP contribution in [0.25, 0.3) is 11.4 Å². The Morgan fingerprint density at radius 3 is 2.11 bits per heavy atom. The Labute approximate surface area is 213 Å². The van der Waals surface area contributed by atoms with Crippen LogP contribution in [0.15, 0.2) is 48.8 Å². The van der Waals surface area contributed by atoms with Crippen molar-refractivity contribution in [3.8, 4) is 22.9 Å². The quantitative estimate of drug-likeness (QED) is 0.114. The summed E-state index contributed by atoms with van der Waals surface area (Å²) in [4.78, 5) is 23.1. The van der Waals surface area contributed by atoms with Gasteiger partial charge in [-0.3, -0.25) is 0 Å². The minimum Gasteiger partial charge on any atom is -0.490 e. The van der Waals surface area contributed by atoms with E-state index in [1.807, 2.05) is 24.3 Å². The van der Waals surface area contributed by atoms with Gasteiger partial charge in [-0.1, -0.05) is 65.2 Å². The Morgan fingerprint density at radius 1 is 0.771 bits per heavy atom. The molecule has 0 spiro atoms. The van der Waals surface area contributed by atoms with E-state index in [0.717, 1.165) is 31.2 Å². The van der Waals surface area contributed by atoms with Crippen molar-refractivity contribution in [2.75, 3.05) is 6.61 Å². The molecule has 188 valence electrons. The maximum absolute atomic E-state index is 12.4. The minimum atomic E-state index is -0.320. The first kappa shape index (κ1) is 26.9. The molecule has 0 aliphatic carbocycles. The first-order chi connectivity index (χ1) is 17.2. The lowest BCUT2D eigenvalue weighted by Gasteiger charge is -2.07. The van der Waals surface area contributed by atoms with Crippen molar-refractivity contribution < 1.29 is 14.3 Å². The molecule has 2 heterocycles. The van der Waals surface area contributed by atoms with E-state index in [9.17, 15) is 4.79 Å². The van der Waals surface area contributed by atoms with E-state index >= 15 is 0 Å². The normalized spacial score (nSPS) is 10.9. The summed E-state index contributed by atoms with van der Waals surface area (Å²) < 4.78 is 11.3. The number of ether oxygens (including phenoxy) is 2. The van der Waals surface area contributed by atoms with E-state index < -0.39 is 0 Å². The van der Waals surface area contributed by atoms with Crippen molar-refractivity contribution in [3.63, 3.8) is 0 Å². The summed E-state index contributed by atoms with van der Waals surface area (Å²) in [5, 5.41) is 0. The number of unbranched alkanes of at least 4 members (excludes halogenated alkanes) is 8. The van der Waals surface area contributed by atoms with Crippen molar-refractivity contribution in [3.05, 3.63) is 58.5 Å². The van der Waals surface area contributed by atoms with Gasteiger partial charge in [0.1, 0.15) is 10.6 Å². The number of nitrogens with zero attached hydrogens (tertiary/aromatic N) is 2. The molecule has 1 aromatic carbocycles. The van der Waals surface area contributed by atoms with Gasteiger partial charge < -0.3 is 9.47 Å². The summed E-state index contributed by atoms with van der Waals surface area (Å²) in [6.07, 6.45) is 16.9. The molecule has 5 nitrogen and oxygen atoms in total. The second kappa shape index (κ2) is 15.3. The van der Waals surface area contributed by atoms with Crippen LogP contribution in [0, 0.1) is 0 Å². The third-order valence-corrected chi connectivity index (χ3v) is 6.98. The number of carbonyl (C=O) groups is 1. The molecule has 0 amide bonds. The molecule has 0 fully saturated rings. The van der Waals surface area contributed by atoms with Crippen LogP contribution in [-0.2, 0) is 6.42 Å². The lowest BCUT2D eigenvalue weighted by Crippen LogP contribution is -2.06. The van der Waals surface area contributed by atoms with Crippen LogP contribution in [0.1, 0.15) is 92.6 Å². The Kier molecular flexibility index (Phi) is 11.7. The zero-order valence-electron chi connectivity index (χ0n) is 21.1. The highest BCUT2D eigenvalue weighted by atomic mass is 32.1. The molecule has 0 unspecified atom stereocenters. The summed E-state index contributed by atoms with van der Waals surface area (Å²) in [5.74, 6) is 1.49. The second-order valence-corrected chi connectivity index (χ2v) is 10.0. The van der Waals surface area contributed by atoms with Gasteiger partial charge in [0.05, 0.1) is 19.0 Å². The molecule has 6 heteroatoms. The third kappa shape index (κ3) is 9.44. The zero-order valence-corrected chi connectivity index (χ0v) is 21.9. The lowest BCUT2D eigenvalue weighted by atomic mass is 10.1. The Morgan fingerprint density at radius 2 is 1.43 bits per heavy atom. The second-order valence-electron chi connectivity index (χ2n) is 8.85. The Hall–Kier alpha value is -2.73. The highest BCUT2D eigenvalue weighted by Crippen LogP contribution is 2.24. The summed E-state index contributed by atoms with van der Waals surface area (Å²) in [6.45, 7) is 5.11. The molecule has 35 heavy (non-hydrogen) atoms. The summed E-state index contributed by atoms with van der Waals surface area (Å²) in [5.41, 5.74) is 0.859. The number of rotatable bonds is 16. The van der Waals surface area contributed by atoms with E-state index in [-0.39, 0.29) is 5.97 Å². The molecular formula is C29H38N2O3S. The standard InChI is InChI=1S/C29H38N2O3S/c1-3-5-7-8-9-10-11-12-20-33-25-21-30-28(31-22-25)23-14-16-24(17-15-23)34-29(32)27-19-18-26(35-27)13-6-4-2/h14-19,21-22H,3-13,20H2,1-2H3. The van der Waals surface area contributed by atoms with E-state index in [0.29, 0.717) is 28.8 Å². The number of thiophene rings is 1. The van der Waals surface area contributed by atoms with Gasteiger partial charge in [-0.05, 0) is 55.7 Å². The van der Waals surface area contributed by atoms with Gasteiger partial charge in [-0.2, -0.15) is 0 Å².